The Labute approximate surface area is 155 Å². The first-order valence-corrected chi connectivity index (χ1v) is 8.73. The second kappa shape index (κ2) is 6.49. The fourth-order valence-corrected chi connectivity index (χ4v) is 3.15. The summed E-state index contributed by atoms with van der Waals surface area (Å²) in [6, 6.07) is 24.0. The molecule has 2 aromatic carbocycles. The third kappa shape index (κ3) is 2.87. The molecule has 0 aliphatic rings. The van der Waals surface area contributed by atoms with E-state index in [-0.39, 0.29) is 0 Å². The molecule has 0 aliphatic carbocycles. The number of nitrogens with one attached hydrogen (secondary N) is 1. The first kappa shape index (κ1) is 15.5. The molecule has 0 atom stereocenters. The van der Waals surface area contributed by atoms with Crippen LogP contribution in [0.25, 0.3) is 27.9 Å². The number of hydrogen-bond acceptors (Lipinski definition) is 5. The smallest absolute Gasteiger partial charge is 0.185 e. The van der Waals surface area contributed by atoms with Gasteiger partial charge in [-0.3, -0.25) is 4.98 Å². The number of fused-ring (bicyclic) bond motifs is 2. The molecule has 0 aliphatic heterocycles. The standard InChI is InChI=1S/C21H16N6/c1-2-6-16(7-3-1)21-25-24-19-12-11-18(26-27(19)21)23-14-17-9-4-8-15-10-5-13-22-20(15)17/h1-13H,14H2,(H,23,26). The SMILES string of the molecule is c1ccc(-c2nnc3ccc(NCc4cccc5cccnc45)nn23)cc1. The summed E-state index contributed by atoms with van der Waals surface area (Å²) in [5.41, 5.74) is 3.82. The summed E-state index contributed by atoms with van der Waals surface area (Å²) in [5.74, 6) is 1.48. The van der Waals surface area contributed by atoms with Crippen LogP contribution in [-0.4, -0.2) is 24.8 Å². The average Bonchev–Trinajstić information content (AvgIpc) is 3.16. The number of anilines is 1. The van der Waals surface area contributed by atoms with Gasteiger partial charge in [-0.25, -0.2) is 0 Å². The van der Waals surface area contributed by atoms with Gasteiger partial charge in [0.25, 0.3) is 0 Å². The molecular formula is C21H16N6. The second-order valence-corrected chi connectivity index (χ2v) is 6.22. The van der Waals surface area contributed by atoms with E-state index in [1.165, 1.54) is 0 Å². The van der Waals surface area contributed by atoms with Gasteiger partial charge in [-0.2, -0.15) is 4.52 Å². The number of pyridine rings is 1. The van der Waals surface area contributed by atoms with E-state index in [9.17, 15) is 0 Å². The van der Waals surface area contributed by atoms with Gasteiger partial charge < -0.3 is 5.32 Å². The monoisotopic (exact) mass is 352 g/mol. The molecule has 0 bridgehead atoms. The van der Waals surface area contributed by atoms with Crippen LogP contribution in [0.5, 0.6) is 0 Å². The maximum atomic E-state index is 4.67. The zero-order valence-electron chi connectivity index (χ0n) is 14.4. The van der Waals surface area contributed by atoms with E-state index in [4.69, 9.17) is 0 Å². The van der Waals surface area contributed by atoms with Crippen molar-refractivity contribution in [1.29, 1.82) is 0 Å². The molecule has 1 N–H and O–H groups in total. The van der Waals surface area contributed by atoms with Crippen molar-refractivity contribution in [2.24, 2.45) is 0 Å². The summed E-state index contributed by atoms with van der Waals surface area (Å²) in [7, 11) is 0. The van der Waals surface area contributed by atoms with Crippen LogP contribution in [0.1, 0.15) is 5.56 Å². The lowest BCUT2D eigenvalue weighted by Crippen LogP contribution is -2.05. The second-order valence-electron chi connectivity index (χ2n) is 6.22. The van der Waals surface area contributed by atoms with Crippen molar-refractivity contribution in [1.82, 2.24) is 24.8 Å². The third-order valence-corrected chi connectivity index (χ3v) is 4.47. The minimum absolute atomic E-state index is 0.635. The molecule has 5 rings (SSSR count). The number of rotatable bonds is 4. The molecule has 130 valence electrons. The highest BCUT2D eigenvalue weighted by atomic mass is 15.4. The summed E-state index contributed by atoms with van der Waals surface area (Å²) in [6.07, 6.45) is 1.82. The molecular weight excluding hydrogens is 336 g/mol. The molecule has 0 saturated heterocycles. The van der Waals surface area contributed by atoms with Crippen molar-refractivity contribution >= 4 is 22.4 Å². The predicted molar refractivity (Wildman–Crippen MR) is 105 cm³/mol. The topological polar surface area (TPSA) is 68.0 Å². The number of para-hydroxylation sites is 1. The van der Waals surface area contributed by atoms with Gasteiger partial charge in [0.05, 0.1) is 5.52 Å². The van der Waals surface area contributed by atoms with Crippen molar-refractivity contribution in [2.75, 3.05) is 5.32 Å². The zero-order valence-corrected chi connectivity index (χ0v) is 14.4. The lowest BCUT2D eigenvalue weighted by atomic mass is 10.1. The third-order valence-electron chi connectivity index (χ3n) is 4.47. The summed E-state index contributed by atoms with van der Waals surface area (Å²) in [4.78, 5) is 4.50. The van der Waals surface area contributed by atoms with Gasteiger partial charge in [0.15, 0.2) is 11.5 Å². The molecule has 0 fully saturated rings. The molecule has 6 nitrogen and oxygen atoms in total. The van der Waals surface area contributed by atoms with Crippen LogP contribution in [0.4, 0.5) is 5.82 Å². The highest BCUT2D eigenvalue weighted by Crippen LogP contribution is 2.19. The Balaban J connectivity index is 1.47. The molecule has 3 aromatic heterocycles. The Morgan fingerprint density at radius 3 is 2.63 bits per heavy atom. The average molecular weight is 352 g/mol. The lowest BCUT2D eigenvalue weighted by molar-refractivity contribution is 0.926. The van der Waals surface area contributed by atoms with Crippen LogP contribution in [-0.2, 0) is 6.54 Å². The first-order chi connectivity index (χ1) is 13.4. The van der Waals surface area contributed by atoms with Gasteiger partial charge in [-0.1, -0.05) is 54.6 Å². The van der Waals surface area contributed by atoms with E-state index in [0.29, 0.717) is 12.2 Å². The quantitative estimate of drug-likeness (QED) is 0.530. The Hall–Kier alpha value is -3.80. The number of nitrogens with zero attached hydrogens (tertiary/aromatic N) is 5. The van der Waals surface area contributed by atoms with Gasteiger partial charge >= 0.3 is 0 Å². The fraction of sp³-hybridized carbons (Fsp3) is 0.0476. The van der Waals surface area contributed by atoms with Crippen molar-refractivity contribution in [3.05, 3.63) is 84.6 Å². The number of hydrogen-bond donors (Lipinski definition) is 1. The van der Waals surface area contributed by atoms with Crippen LogP contribution in [0.15, 0.2) is 79.0 Å². The minimum atomic E-state index is 0.635. The highest BCUT2D eigenvalue weighted by molar-refractivity contribution is 5.81. The Kier molecular flexibility index (Phi) is 3.72. The molecule has 0 saturated carbocycles. The van der Waals surface area contributed by atoms with Crippen LogP contribution >= 0.6 is 0 Å². The van der Waals surface area contributed by atoms with Crippen LogP contribution in [0.3, 0.4) is 0 Å². The fourth-order valence-electron chi connectivity index (χ4n) is 3.15. The molecule has 5 aromatic rings. The lowest BCUT2D eigenvalue weighted by Gasteiger charge is -2.08. The molecule has 0 amide bonds. The normalized spacial score (nSPS) is 11.1. The number of benzene rings is 2. The molecule has 0 spiro atoms. The zero-order chi connectivity index (χ0) is 18.1. The Morgan fingerprint density at radius 1 is 0.815 bits per heavy atom. The Morgan fingerprint density at radius 2 is 1.70 bits per heavy atom. The van der Waals surface area contributed by atoms with Crippen molar-refractivity contribution in [3.63, 3.8) is 0 Å². The van der Waals surface area contributed by atoms with E-state index in [0.717, 1.165) is 33.7 Å². The first-order valence-electron chi connectivity index (χ1n) is 8.73. The minimum Gasteiger partial charge on any atom is -0.364 e. The van der Waals surface area contributed by atoms with E-state index < -0.39 is 0 Å². The summed E-state index contributed by atoms with van der Waals surface area (Å²) >= 11 is 0. The van der Waals surface area contributed by atoms with E-state index in [1.54, 1.807) is 4.52 Å². The van der Waals surface area contributed by atoms with E-state index in [2.05, 4.69) is 43.8 Å². The van der Waals surface area contributed by atoms with Gasteiger partial charge in [0.2, 0.25) is 0 Å². The van der Waals surface area contributed by atoms with E-state index in [1.807, 2.05) is 60.8 Å². The van der Waals surface area contributed by atoms with Gasteiger partial charge in [-0.15, -0.1) is 15.3 Å². The maximum absolute atomic E-state index is 4.67. The van der Waals surface area contributed by atoms with E-state index >= 15 is 0 Å². The molecule has 27 heavy (non-hydrogen) atoms. The molecule has 3 heterocycles. The largest absolute Gasteiger partial charge is 0.364 e. The Bertz CT molecular complexity index is 1220. The van der Waals surface area contributed by atoms with Crippen LogP contribution < -0.4 is 5.32 Å². The summed E-state index contributed by atoms with van der Waals surface area (Å²) in [5, 5.41) is 17.7. The van der Waals surface area contributed by atoms with Crippen LogP contribution in [0, 0.1) is 0 Å². The molecule has 0 unspecified atom stereocenters. The van der Waals surface area contributed by atoms with Crippen molar-refractivity contribution in [2.45, 2.75) is 6.54 Å². The maximum Gasteiger partial charge on any atom is 0.185 e. The van der Waals surface area contributed by atoms with Crippen molar-refractivity contribution in [3.8, 4) is 11.4 Å². The highest BCUT2D eigenvalue weighted by Gasteiger charge is 2.10. The number of aromatic nitrogens is 5. The van der Waals surface area contributed by atoms with Gasteiger partial charge in [0, 0.05) is 23.7 Å². The van der Waals surface area contributed by atoms with Crippen LogP contribution in [0.2, 0.25) is 0 Å². The van der Waals surface area contributed by atoms with Gasteiger partial charge in [0.1, 0.15) is 5.82 Å². The van der Waals surface area contributed by atoms with Crippen molar-refractivity contribution < 1.29 is 0 Å². The summed E-state index contributed by atoms with van der Waals surface area (Å²) in [6.45, 7) is 0.635. The molecule has 0 radical (unpaired) electrons. The van der Waals surface area contributed by atoms with Gasteiger partial charge in [-0.05, 0) is 23.8 Å². The molecule has 6 heteroatoms. The predicted octanol–water partition coefficient (Wildman–Crippen LogP) is 3.95. The summed E-state index contributed by atoms with van der Waals surface area (Å²) < 4.78 is 1.76.